The Labute approximate surface area is 143 Å². The first kappa shape index (κ1) is 18.3. The lowest BCUT2D eigenvalue weighted by molar-refractivity contribution is 0.118. The largest absolute Gasteiger partial charge is 0.377 e. The van der Waals surface area contributed by atoms with Crippen LogP contribution in [0.5, 0.6) is 0 Å². The molecule has 0 bridgehead atoms. The third kappa shape index (κ3) is 6.51. The van der Waals surface area contributed by atoms with Gasteiger partial charge in [-0.1, -0.05) is 63.1 Å². The van der Waals surface area contributed by atoms with E-state index in [1.54, 1.807) is 0 Å². The predicted molar refractivity (Wildman–Crippen MR) is 99.8 cm³/mol. The first-order valence-electron chi connectivity index (χ1n) is 9.66. The molecule has 0 saturated heterocycles. The second-order valence-corrected chi connectivity index (χ2v) is 6.98. The van der Waals surface area contributed by atoms with Gasteiger partial charge < -0.3 is 4.74 Å². The highest BCUT2D eigenvalue weighted by atomic mass is 16.5. The number of ether oxygens (including phenoxy) is 1. The lowest BCUT2D eigenvalue weighted by Crippen LogP contribution is -2.11. The quantitative estimate of drug-likeness (QED) is 0.367. The molecule has 1 aliphatic rings. The van der Waals surface area contributed by atoms with Crippen LogP contribution in [0.25, 0.3) is 0 Å². The maximum absolute atomic E-state index is 5.70. The Morgan fingerprint density at radius 2 is 1.74 bits per heavy atom. The van der Waals surface area contributed by atoms with Gasteiger partial charge in [0, 0.05) is 6.61 Å². The molecule has 0 spiro atoms. The molecule has 128 valence electrons. The van der Waals surface area contributed by atoms with E-state index < -0.39 is 0 Å². The van der Waals surface area contributed by atoms with Crippen molar-refractivity contribution in [1.82, 2.24) is 0 Å². The van der Waals surface area contributed by atoms with E-state index in [4.69, 9.17) is 4.74 Å². The summed E-state index contributed by atoms with van der Waals surface area (Å²) in [6, 6.07) is 9.18. The van der Waals surface area contributed by atoms with Gasteiger partial charge in [-0.05, 0) is 61.5 Å². The van der Waals surface area contributed by atoms with Crippen molar-refractivity contribution in [3.05, 3.63) is 47.5 Å². The average molecular weight is 315 g/mol. The van der Waals surface area contributed by atoms with Crippen LogP contribution in [-0.2, 0) is 11.3 Å². The molecule has 0 heterocycles. The molecule has 0 amide bonds. The Bertz CT molecular complexity index is 438. The van der Waals surface area contributed by atoms with E-state index in [0.29, 0.717) is 0 Å². The minimum Gasteiger partial charge on any atom is -0.377 e. The summed E-state index contributed by atoms with van der Waals surface area (Å²) >= 11 is 0. The van der Waals surface area contributed by atoms with Gasteiger partial charge in [-0.3, -0.25) is 0 Å². The molecule has 1 nitrogen and oxygen atoms in total. The number of hydrogen-bond donors (Lipinski definition) is 0. The fourth-order valence-electron chi connectivity index (χ4n) is 3.42. The Hall–Kier alpha value is -1.08. The summed E-state index contributed by atoms with van der Waals surface area (Å²) in [7, 11) is 0. The summed E-state index contributed by atoms with van der Waals surface area (Å²) < 4.78 is 5.70. The van der Waals surface area contributed by atoms with Crippen LogP contribution >= 0.6 is 0 Å². The van der Waals surface area contributed by atoms with Crippen molar-refractivity contribution in [2.75, 3.05) is 6.61 Å². The molecule has 0 radical (unpaired) electrons. The summed E-state index contributed by atoms with van der Waals surface area (Å²) in [5.41, 5.74) is 2.83. The molecule has 1 heteroatoms. The molecule has 2 rings (SSSR count). The number of allylic oxidation sites excluding steroid dienone is 2. The Morgan fingerprint density at radius 1 is 1.00 bits per heavy atom. The average Bonchev–Trinajstić information content (AvgIpc) is 2.60. The van der Waals surface area contributed by atoms with Gasteiger partial charge in [0.1, 0.15) is 0 Å². The molecular weight excluding hydrogens is 280 g/mol. The number of rotatable bonds is 9. The van der Waals surface area contributed by atoms with Crippen LogP contribution < -0.4 is 0 Å². The van der Waals surface area contributed by atoms with Crippen molar-refractivity contribution < 1.29 is 4.74 Å². The van der Waals surface area contributed by atoms with Crippen LogP contribution in [0.4, 0.5) is 0 Å². The molecule has 0 atom stereocenters. The molecule has 1 fully saturated rings. The number of unbranched alkanes of at least 4 members (excludes halogenated alkanes) is 2. The van der Waals surface area contributed by atoms with E-state index >= 15 is 0 Å². The Balaban J connectivity index is 1.75. The topological polar surface area (TPSA) is 9.23 Å². The van der Waals surface area contributed by atoms with Gasteiger partial charge in [0.05, 0.1) is 6.61 Å². The zero-order chi connectivity index (χ0) is 16.3. The van der Waals surface area contributed by atoms with E-state index in [2.05, 4.69) is 50.3 Å². The molecule has 1 aromatic carbocycles. The highest BCUT2D eigenvalue weighted by molar-refractivity contribution is 5.25. The van der Waals surface area contributed by atoms with Crippen LogP contribution in [0.15, 0.2) is 36.4 Å². The van der Waals surface area contributed by atoms with E-state index in [0.717, 1.165) is 31.5 Å². The van der Waals surface area contributed by atoms with Crippen molar-refractivity contribution in [2.24, 2.45) is 5.92 Å². The molecule has 1 aliphatic carbocycles. The maximum Gasteiger partial charge on any atom is 0.0716 e. The first-order chi connectivity index (χ1) is 11.3. The Morgan fingerprint density at radius 3 is 2.39 bits per heavy atom. The van der Waals surface area contributed by atoms with Gasteiger partial charge in [-0.25, -0.2) is 0 Å². The van der Waals surface area contributed by atoms with E-state index in [1.165, 1.54) is 56.1 Å². The number of benzene rings is 1. The second kappa shape index (κ2) is 10.6. The minimum atomic E-state index is 0.759. The molecule has 0 aliphatic heterocycles. The fraction of sp³-hybridized carbons (Fsp3) is 0.636. The minimum absolute atomic E-state index is 0.759. The van der Waals surface area contributed by atoms with Crippen molar-refractivity contribution in [3.63, 3.8) is 0 Å². The van der Waals surface area contributed by atoms with Crippen molar-refractivity contribution in [2.45, 2.75) is 77.7 Å². The van der Waals surface area contributed by atoms with Gasteiger partial charge in [0.25, 0.3) is 0 Å². The van der Waals surface area contributed by atoms with Crippen LogP contribution in [0.1, 0.15) is 82.3 Å². The summed E-state index contributed by atoms with van der Waals surface area (Å²) in [6.07, 6.45) is 15.1. The molecule has 1 saturated carbocycles. The second-order valence-electron chi connectivity index (χ2n) is 6.98. The monoisotopic (exact) mass is 314 g/mol. The van der Waals surface area contributed by atoms with Crippen molar-refractivity contribution in [1.29, 1.82) is 0 Å². The fourth-order valence-corrected chi connectivity index (χ4v) is 3.42. The molecule has 0 N–H and O–H groups in total. The van der Waals surface area contributed by atoms with Crippen molar-refractivity contribution in [3.8, 4) is 0 Å². The summed E-state index contributed by atoms with van der Waals surface area (Å²) in [4.78, 5) is 0. The van der Waals surface area contributed by atoms with E-state index in [1.807, 2.05) is 0 Å². The van der Waals surface area contributed by atoms with Crippen LogP contribution in [0.3, 0.4) is 0 Å². The lowest BCUT2D eigenvalue weighted by Gasteiger charge is -2.27. The summed E-state index contributed by atoms with van der Waals surface area (Å²) in [5.74, 6) is 1.59. The third-order valence-electron chi connectivity index (χ3n) is 5.00. The maximum atomic E-state index is 5.70. The first-order valence-corrected chi connectivity index (χ1v) is 9.66. The SMILES string of the molecule is CCC/C=C/C1CCC(c2ccc(COCCCC)cc2)CC1. The predicted octanol–water partition coefficient (Wildman–Crippen LogP) is 6.63. The molecular formula is C22H34O. The highest BCUT2D eigenvalue weighted by Gasteiger charge is 2.20. The highest BCUT2D eigenvalue weighted by Crippen LogP contribution is 2.36. The molecule has 0 unspecified atom stereocenters. The zero-order valence-electron chi connectivity index (χ0n) is 15.1. The van der Waals surface area contributed by atoms with Gasteiger partial charge >= 0.3 is 0 Å². The zero-order valence-corrected chi connectivity index (χ0v) is 15.1. The van der Waals surface area contributed by atoms with E-state index in [-0.39, 0.29) is 0 Å². The standard InChI is InChI=1S/C22H34O/c1-3-5-7-8-19-9-13-21(14-10-19)22-15-11-20(12-16-22)18-23-17-6-4-2/h7-8,11-12,15-16,19,21H,3-6,9-10,13-14,17-18H2,1-2H3/b8-7+. The van der Waals surface area contributed by atoms with Crippen molar-refractivity contribution >= 4 is 0 Å². The number of hydrogen-bond acceptors (Lipinski definition) is 1. The summed E-state index contributed by atoms with van der Waals surface area (Å²) in [6.45, 7) is 6.09. The molecule has 0 aromatic heterocycles. The van der Waals surface area contributed by atoms with Gasteiger partial charge in [-0.2, -0.15) is 0 Å². The smallest absolute Gasteiger partial charge is 0.0716 e. The molecule has 1 aromatic rings. The van der Waals surface area contributed by atoms with Crippen LogP contribution in [-0.4, -0.2) is 6.61 Å². The molecule has 23 heavy (non-hydrogen) atoms. The Kier molecular flexibility index (Phi) is 8.46. The van der Waals surface area contributed by atoms with Crippen LogP contribution in [0, 0.1) is 5.92 Å². The normalized spacial score (nSPS) is 21.8. The lowest BCUT2D eigenvalue weighted by atomic mass is 9.78. The van der Waals surface area contributed by atoms with E-state index in [9.17, 15) is 0 Å². The van der Waals surface area contributed by atoms with Gasteiger partial charge in [0.15, 0.2) is 0 Å². The van der Waals surface area contributed by atoms with Gasteiger partial charge in [-0.15, -0.1) is 0 Å². The third-order valence-corrected chi connectivity index (χ3v) is 5.00. The summed E-state index contributed by atoms with van der Waals surface area (Å²) in [5, 5.41) is 0. The van der Waals surface area contributed by atoms with Crippen LogP contribution in [0.2, 0.25) is 0 Å². The van der Waals surface area contributed by atoms with Gasteiger partial charge in [0.2, 0.25) is 0 Å².